The molecular weight excluding hydrogens is 250 g/mol. The van der Waals surface area contributed by atoms with Crippen LogP contribution in [-0.4, -0.2) is 23.5 Å². The van der Waals surface area contributed by atoms with Gasteiger partial charge in [0.15, 0.2) is 0 Å². The van der Waals surface area contributed by atoms with Gasteiger partial charge in [-0.3, -0.25) is 4.99 Å². The first kappa shape index (κ1) is 13.0. The van der Waals surface area contributed by atoms with Gasteiger partial charge < -0.3 is 9.84 Å². The lowest BCUT2D eigenvalue weighted by atomic mass is 9.93. The molecule has 0 radical (unpaired) electrons. The molecule has 3 nitrogen and oxygen atoms in total. The molecule has 0 aromatic heterocycles. The molecular formula is C17H17NO2. The van der Waals surface area contributed by atoms with Crippen molar-refractivity contribution in [2.75, 3.05) is 6.61 Å². The molecule has 1 aliphatic heterocycles. The fourth-order valence-electron chi connectivity index (χ4n) is 2.41. The minimum absolute atomic E-state index is 0.0363. The molecule has 0 fully saturated rings. The first-order valence-corrected chi connectivity index (χ1v) is 6.76. The van der Waals surface area contributed by atoms with E-state index in [4.69, 9.17) is 4.74 Å². The summed E-state index contributed by atoms with van der Waals surface area (Å²) in [5.41, 5.74) is 2.16. The fourth-order valence-corrected chi connectivity index (χ4v) is 2.41. The summed E-state index contributed by atoms with van der Waals surface area (Å²) in [4.78, 5) is 4.62. The number of aliphatic imine (C=N–C) groups is 1. The van der Waals surface area contributed by atoms with Crippen molar-refractivity contribution in [2.45, 2.75) is 18.8 Å². The molecule has 2 aromatic rings. The highest BCUT2D eigenvalue weighted by atomic mass is 16.6. The van der Waals surface area contributed by atoms with E-state index in [1.54, 1.807) is 0 Å². The average molecular weight is 267 g/mol. The minimum Gasteiger partial charge on any atom is -0.357 e. The fraction of sp³-hybridized carbons (Fsp3) is 0.235. The van der Waals surface area contributed by atoms with Crippen molar-refractivity contribution >= 4 is 5.71 Å². The zero-order valence-electron chi connectivity index (χ0n) is 11.4. The van der Waals surface area contributed by atoms with Crippen molar-refractivity contribution in [1.29, 1.82) is 0 Å². The second kappa shape index (κ2) is 5.19. The first-order chi connectivity index (χ1) is 9.70. The highest BCUT2D eigenvalue weighted by Crippen LogP contribution is 2.31. The Morgan fingerprint density at radius 3 is 2.30 bits per heavy atom. The molecule has 20 heavy (non-hydrogen) atoms. The maximum atomic E-state index is 11.0. The van der Waals surface area contributed by atoms with Gasteiger partial charge in [-0.15, -0.1) is 0 Å². The summed E-state index contributed by atoms with van der Waals surface area (Å²) in [5, 5.41) is 11.0. The predicted molar refractivity (Wildman–Crippen MR) is 78.7 cm³/mol. The second-order valence-electron chi connectivity index (χ2n) is 5.01. The molecule has 1 N–H and O–H groups in total. The van der Waals surface area contributed by atoms with E-state index in [0.717, 1.165) is 5.56 Å². The van der Waals surface area contributed by atoms with Crippen LogP contribution in [0.4, 0.5) is 0 Å². The Bertz CT molecular complexity index is 609. The van der Waals surface area contributed by atoms with E-state index in [0.29, 0.717) is 17.9 Å². The first-order valence-electron chi connectivity index (χ1n) is 6.76. The molecule has 102 valence electrons. The SMILES string of the molecule is C[C@@H]1COC(O)(c2ccccc2)C(c2ccccc2)=N1. The summed E-state index contributed by atoms with van der Waals surface area (Å²) >= 11 is 0. The summed E-state index contributed by atoms with van der Waals surface area (Å²) in [7, 11) is 0. The summed E-state index contributed by atoms with van der Waals surface area (Å²) in [5.74, 6) is -1.48. The van der Waals surface area contributed by atoms with Gasteiger partial charge in [-0.1, -0.05) is 60.7 Å². The van der Waals surface area contributed by atoms with Crippen LogP contribution < -0.4 is 0 Å². The van der Waals surface area contributed by atoms with E-state index in [1.807, 2.05) is 67.6 Å². The number of ether oxygens (including phenoxy) is 1. The minimum atomic E-state index is -1.48. The maximum Gasteiger partial charge on any atom is 0.237 e. The monoisotopic (exact) mass is 267 g/mol. The van der Waals surface area contributed by atoms with Crippen LogP contribution >= 0.6 is 0 Å². The van der Waals surface area contributed by atoms with Gasteiger partial charge in [0.25, 0.3) is 0 Å². The van der Waals surface area contributed by atoms with Crippen LogP contribution in [0.1, 0.15) is 18.1 Å². The molecule has 1 unspecified atom stereocenters. The molecule has 2 atom stereocenters. The van der Waals surface area contributed by atoms with E-state index in [1.165, 1.54) is 0 Å². The molecule has 0 amide bonds. The number of rotatable bonds is 2. The lowest BCUT2D eigenvalue weighted by Gasteiger charge is -2.35. The highest BCUT2D eigenvalue weighted by molar-refractivity contribution is 6.06. The Hall–Kier alpha value is -1.97. The molecule has 0 saturated heterocycles. The zero-order valence-corrected chi connectivity index (χ0v) is 11.4. The van der Waals surface area contributed by atoms with Gasteiger partial charge in [0, 0.05) is 11.1 Å². The predicted octanol–water partition coefficient (Wildman–Crippen LogP) is 2.74. The normalized spacial score (nSPS) is 26.1. The van der Waals surface area contributed by atoms with Crippen molar-refractivity contribution in [1.82, 2.24) is 0 Å². The summed E-state index contributed by atoms with van der Waals surface area (Å²) in [6, 6.07) is 19.1. The molecule has 3 heteroatoms. The van der Waals surface area contributed by atoms with E-state index in [-0.39, 0.29) is 6.04 Å². The zero-order chi connectivity index (χ0) is 14.0. The second-order valence-corrected chi connectivity index (χ2v) is 5.01. The Morgan fingerprint density at radius 1 is 1.05 bits per heavy atom. The Morgan fingerprint density at radius 2 is 1.65 bits per heavy atom. The number of benzene rings is 2. The lowest BCUT2D eigenvalue weighted by molar-refractivity contribution is -0.166. The van der Waals surface area contributed by atoms with Crippen LogP contribution in [0.2, 0.25) is 0 Å². The van der Waals surface area contributed by atoms with Gasteiger partial charge in [0.1, 0.15) is 5.71 Å². The smallest absolute Gasteiger partial charge is 0.237 e. The molecule has 0 spiro atoms. The molecule has 0 aliphatic carbocycles. The van der Waals surface area contributed by atoms with Gasteiger partial charge in [0.2, 0.25) is 5.79 Å². The van der Waals surface area contributed by atoms with Gasteiger partial charge in [-0.05, 0) is 6.92 Å². The number of aliphatic hydroxyl groups is 1. The summed E-state index contributed by atoms with van der Waals surface area (Å²) < 4.78 is 5.76. The largest absolute Gasteiger partial charge is 0.357 e. The molecule has 2 aromatic carbocycles. The Labute approximate surface area is 118 Å². The maximum absolute atomic E-state index is 11.0. The van der Waals surface area contributed by atoms with Gasteiger partial charge >= 0.3 is 0 Å². The van der Waals surface area contributed by atoms with E-state index >= 15 is 0 Å². The lowest BCUT2D eigenvalue weighted by Crippen LogP contribution is -2.45. The number of hydrogen-bond donors (Lipinski definition) is 1. The van der Waals surface area contributed by atoms with Crippen molar-refractivity contribution in [3.05, 3.63) is 71.8 Å². The van der Waals surface area contributed by atoms with Crippen LogP contribution in [0.5, 0.6) is 0 Å². The van der Waals surface area contributed by atoms with Crippen molar-refractivity contribution in [3.63, 3.8) is 0 Å². The molecule has 1 aliphatic rings. The van der Waals surface area contributed by atoms with Crippen LogP contribution in [0, 0.1) is 0 Å². The molecule has 1 heterocycles. The van der Waals surface area contributed by atoms with Crippen LogP contribution in [0.15, 0.2) is 65.7 Å². The van der Waals surface area contributed by atoms with Crippen LogP contribution in [0.25, 0.3) is 0 Å². The van der Waals surface area contributed by atoms with Gasteiger partial charge in [-0.25, -0.2) is 0 Å². The molecule has 0 saturated carbocycles. The Kier molecular flexibility index (Phi) is 3.38. The van der Waals surface area contributed by atoms with E-state index in [9.17, 15) is 5.11 Å². The van der Waals surface area contributed by atoms with Gasteiger partial charge in [-0.2, -0.15) is 0 Å². The third-order valence-electron chi connectivity index (χ3n) is 3.42. The third-order valence-corrected chi connectivity index (χ3v) is 3.42. The highest BCUT2D eigenvalue weighted by Gasteiger charge is 2.40. The van der Waals surface area contributed by atoms with Gasteiger partial charge in [0.05, 0.1) is 12.6 Å². The number of nitrogens with zero attached hydrogens (tertiary/aromatic N) is 1. The quantitative estimate of drug-likeness (QED) is 0.909. The van der Waals surface area contributed by atoms with Crippen molar-refractivity contribution in [3.8, 4) is 0 Å². The van der Waals surface area contributed by atoms with Crippen LogP contribution in [0.3, 0.4) is 0 Å². The van der Waals surface area contributed by atoms with E-state index in [2.05, 4.69) is 4.99 Å². The third kappa shape index (κ3) is 2.26. The van der Waals surface area contributed by atoms with Crippen molar-refractivity contribution in [2.24, 2.45) is 4.99 Å². The average Bonchev–Trinajstić information content (AvgIpc) is 2.51. The standard InChI is InChI=1S/C17H17NO2/c1-13-12-20-17(19,15-10-6-3-7-11-15)16(18-13)14-8-4-2-5-9-14/h2-11,13,19H,12H2,1H3/t13-,17?/m1/s1. The summed E-state index contributed by atoms with van der Waals surface area (Å²) in [6.45, 7) is 2.38. The summed E-state index contributed by atoms with van der Waals surface area (Å²) in [6.07, 6.45) is 0. The van der Waals surface area contributed by atoms with Crippen LogP contribution in [-0.2, 0) is 10.5 Å². The molecule has 3 rings (SSSR count). The Balaban J connectivity index is 2.12. The van der Waals surface area contributed by atoms with Crippen molar-refractivity contribution < 1.29 is 9.84 Å². The molecule has 0 bridgehead atoms. The topological polar surface area (TPSA) is 41.8 Å². The van der Waals surface area contributed by atoms with E-state index < -0.39 is 5.79 Å². The number of hydrogen-bond acceptors (Lipinski definition) is 3.